The van der Waals surface area contributed by atoms with Gasteiger partial charge in [0, 0.05) is 102 Å². The van der Waals surface area contributed by atoms with Gasteiger partial charge in [0.1, 0.15) is 5.82 Å². The number of likely N-dealkylation sites (tertiary alicyclic amines) is 1. The van der Waals surface area contributed by atoms with Gasteiger partial charge in [-0.1, -0.05) is 55.5 Å². The van der Waals surface area contributed by atoms with Crippen LogP contribution in [0.5, 0.6) is 0 Å². The van der Waals surface area contributed by atoms with Crippen LogP contribution in [0.1, 0.15) is 69.2 Å². The zero-order valence-electron chi connectivity index (χ0n) is 40.2. The fraction of sp³-hybridized carbons (Fsp3) is 0.404. The summed E-state index contributed by atoms with van der Waals surface area (Å²) in [4.78, 5) is 81.1. The van der Waals surface area contributed by atoms with Crippen LogP contribution in [-0.4, -0.2) is 159 Å². The van der Waals surface area contributed by atoms with Gasteiger partial charge in [-0.15, -0.1) is 10.2 Å². The van der Waals surface area contributed by atoms with Gasteiger partial charge in [0.05, 0.1) is 42.0 Å². The first-order valence-corrected chi connectivity index (χ1v) is 24.4. The molecule has 0 atom stereocenters. The van der Waals surface area contributed by atoms with E-state index >= 15 is 4.39 Å². The molecule has 3 N–H and O–H groups in total. The molecular formula is C52H59FN12O6. The lowest BCUT2D eigenvalue weighted by atomic mass is 9.95. The molecule has 3 fully saturated rings. The van der Waals surface area contributed by atoms with Crippen molar-refractivity contribution in [3.05, 3.63) is 135 Å². The summed E-state index contributed by atoms with van der Waals surface area (Å²) in [6.07, 6.45) is 4.55. The van der Waals surface area contributed by atoms with Crippen molar-refractivity contribution in [2.75, 3.05) is 90.4 Å². The third-order valence-corrected chi connectivity index (χ3v) is 13.7. The third-order valence-electron chi connectivity index (χ3n) is 13.7. The number of carbonyl (C=O) groups excluding carboxylic acids is 4. The van der Waals surface area contributed by atoms with Crippen LogP contribution in [-0.2, 0) is 29.0 Å². The second kappa shape index (κ2) is 22.2. The number of nitrogens with one attached hydrogen (secondary N) is 3. The maximum absolute atomic E-state index is 15.1. The van der Waals surface area contributed by atoms with Gasteiger partial charge >= 0.3 is 0 Å². The number of piperazine rings is 2. The van der Waals surface area contributed by atoms with Crippen LogP contribution in [0.3, 0.4) is 0 Å². The second-order valence-electron chi connectivity index (χ2n) is 18.6. The van der Waals surface area contributed by atoms with Gasteiger partial charge in [0.2, 0.25) is 23.6 Å². The average Bonchev–Trinajstić information content (AvgIpc) is 3.82. The predicted molar refractivity (Wildman–Crippen MR) is 264 cm³/mol. The van der Waals surface area contributed by atoms with Crippen molar-refractivity contribution in [2.45, 2.75) is 46.1 Å². The van der Waals surface area contributed by atoms with Crippen LogP contribution in [0.4, 0.5) is 10.1 Å². The van der Waals surface area contributed by atoms with Crippen molar-refractivity contribution in [1.29, 1.82) is 0 Å². The number of rotatable bonds is 15. The molecule has 0 spiro atoms. The number of hydrogen-bond acceptors (Lipinski definition) is 13. The van der Waals surface area contributed by atoms with E-state index in [0.717, 1.165) is 63.1 Å². The van der Waals surface area contributed by atoms with E-state index in [-0.39, 0.29) is 47.6 Å². The molecule has 3 aromatic carbocycles. The Balaban J connectivity index is 0.721. The second-order valence-corrected chi connectivity index (χ2v) is 18.6. The van der Waals surface area contributed by atoms with E-state index in [4.69, 9.17) is 4.42 Å². The van der Waals surface area contributed by atoms with E-state index in [2.05, 4.69) is 64.9 Å². The molecule has 9 rings (SSSR count). The Hall–Kier alpha value is -7.22. The van der Waals surface area contributed by atoms with E-state index in [0.29, 0.717) is 97.7 Å². The van der Waals surface area contributed by atoms with Crippen molar-refractivity contribution in [3.63, 3.8) is 0 Å². The molecule has 18 nitrogen and oxygen atoms in total. The first-order valence-electron chi connectivity index (χ1n) is 24.4. The number of piperidine rings is 1. The topological polar surface area (TPSA) is 206 Å². The number of benzene rings is 3. The van der Waals surface area contributed by atoms with E-state index < -0.39 is 11.7 Å². The Morgan fingerprint density at radius 1 is 0.775 bits per heavy atom. The molecule has 3 aliphatic rings. The number of halogens is 1. The number of pyridine rings is 1. The van der Waals surface area contributed by atoms with Crippen molar-refractivity contribution < 1.29 is 28.0 Å². The lowest BCUT2D eigenvalue weighted by Gasteiger charge is -2.40. The van der Waals surface area contributed by atoms with Crippen LogP contribution >= 0.6 is 0 Å². The summed E-state index contributed by atoms with van der Waals surface area (Å²) in [5.41, 5.74) is 4.45. The van der Waals surface area contributed by atoms with Crippen LogP contribution in [0.15, 0.2) is 88.2 Å². The van der Waals surface area contributed by atoms with Gasteiger partial charge < -0.3 is 29.3 Å². The minimum atomic E-state index is -0.614. The third kappa shape index (κ3) is 11.9. The molecule has 6 aromatic rings. The highest BCUT2D eigenvalue weighted by Gasteiger charge is 2.31. The lowest BCUT2D eigenvalue weighted by Crippen LogP contribution is -2.55. The highest BCUT2D eigenvalue weighted by molar-refractivity contribution is 6.03. The molecule has 0 unspecified atom stereocenters. The number of aromatic nitrogens is 5. The minimum absolute atomic E-state index is 0.0149. The SMILES string of the molecule is CCc1cccc(-c2cnc(C(=O)N3CCC(CN4CCN(CC(=O)N5CCN(C(=O)c6cc(Cc7n[nH]c(=O)c8ccccc78)ccc6F)CC5)CC4)CC3)c(NC(=O)CNCc3nnc(C)o3)c2)c1. The van der Waals surface area contributed by atoms with Gasteiger partial charge in [-0.3, -0.25) is 34.2 Å². The van der Waals surface area contributed by atoms with Crippen molar-refractivity contribution >= 4 is 40.1 Å². The zero-order chi connectivity index (χ0) is 49.4. The highest BCUT2D eigenvalue weighted by atomic mass is 19.1. The number of nitrogens with zero attached hydrogens (tertiary/aromatic N) is 9. The van der Waals surface area contributed by atoms with Gasteiger partial charge in [-0.25, -0.2) is 14.5 Å². The zero-order valence-corrected chi connectivity index (χ0v) is 40.2. The Labute approximate surface area is 410 Å². The highest BCUT2D eigenvalue weighted by Crippen LogP contribution is 2.28. The predicted octanol–water partition coefficient (Wildman–Crippen LogP) is 4.15. The molecule has 3 saturated heterocycles. The molecule has 0 aliphatic carbocycles. The van der Waals surface area contributed by atoms with Gasteiger partial charge in [0.25, 0.3) is 17.4 Å². The quantitative estimate of drug-likeness (QED) is 0.133. The maximum atomic E-state index is 15.1. The molecule has 6 heterocycles. The smallest absolute Gasteiger partial charge is 0.274 e. The molecule has 4 amide bonds. The number of hydrogen-bond donors (Lipinski definition) is 3. The number of fused-ring (bicyclic) bond motifs is 1. The molecular weight excluding hydrogens is 908 g/mol. The first kappa shape index (κ1) is 48.8. The number of H-pyrrole nitrogens is 1. The Kier molecular flexibility index (Phi) is 15.3. The Morgan fingerprint density at radius 3 is 2.25 bits per heavy atom. The van der Waals surface area contributed by atoms with Crippen molar-refractivity contribution in [3.8, 4) is 11.1 Å². The number of anilines is 1. The summed E-state index contributed by atoms with van der Waals surface area (Å²) in [6.45, 7) is 10.8. The summed E-state index contributed by atoms with van der Waals surface area (Å²) in [5, 5.41) is 21.7. The Morgan fingerprint density at radius 2 is 1.51 bits per heavy atom. The van der Waals surface area contributed by atoms with Crippen LogP contribution in [0.2, 0.25) is 0 Å². The molecule has 0 saturated carbocycles. The van der Waals surface area contributed by atoms with E-state index in [1.165, 1.54) is 11.6 Å². The fourth-order valence-corrected chi connectivity index (χ4v) is 9.68. The maximum Gasteiger partial charge on any atom is 0.274 e. The molecule has 370 valence electrons. The normalized spacial score (nSPS) is 16.1. The molecule has 0 radical (unpaired) electrons. The van der Waals surface area contributed by atoms with Crippen LogP contribution in [0.25, 0.3) is 21.9 Å². The minimum Gasteiger partial charge on any atom is -0.424 e. The number of carbonyl (C=O) groups is 4. The largest absolute Gasteiger partial charge is 0.424 e. The molecule has 0 bridgehead atoms. The molecule has 3 aliphatic heterocycles. The molecule has 3 aromatic heterocycles. The van der Waals surface area contributed by atoms with Gasteiger partial charge in [-0.2, -0.15) is 5.10 Å². The summed E-state index contributed by atoms with van der Waals surface area (Å²) >= 11 is 0. The standard InChI is InChI=1S/C52H59FN12O6/c1-3-35-7-6-8-38(25-35)39-28-45(56-46(66)30-54-31-47-59-57-34(2)71-47)49(55-29-39)52(70)64-15-13-36(14-16-64)32-61-17-19-62(20-18-61)33-48(67)63-21-23-65(24-22-63)51(69)42-26-37(11-12-43(42)53)27-44-40-9-4-5-10-41(40)50(68)60-58-44/h4-12,25-26,28-29,36,54H,3,13-24,27,30-33H2,1-2H3,(H,56,66)(H,60,68). The molecule has 71 heavy (non-hydrogen) atoms. The monoisotopic (exact) mass is 966 g/mol. The van der Waals surface area contributed by atoms with Gasteiger partial charge in [-0.05, 0) is 66.1 Å². The van der Waals surface area contributed by atoms with Crippen LogP contribution in [0, 0.1) is 18.7 Å². The summed E-state index contributed by atoms with van der Waals surface area (Å²) in [5.74, 6) is -0.360. The van der Waals surface area contributed by atoms with Crippen molar-refractivity contribution in [1.82, 2.24) is 55.2 Å². The number of amides is 4. The summed E-state index contributed by atoms with van der Waals surface area (Å²) < 4.78 is 20.5. The average molecular weight is 967 g/mol. The lowest BCUT2D eigenvalue weighted by molar-refractivity contribution is -0.134. The van der Waals surface area contributed by atoms with Gasteiger partial charge in [0.15, 0.2) is 5.69 Å². The van der Waals surface area contributed by atoms with E-state index in [1.54, 1.807) is 47.2 Å². The number of aromatic amines is 1. The summed E-state index contributed by atoms with van der Waals surface area (Å²) in [7, 11) is 0. The number of aryl methyl sites for hydroxylation is 2. The molecule has 19 heteroatoms. The van der Waals surface area contributed by atoms with E-state index in [9.17, 15) is 24.0 Å². The van der Waals surface area contributed by atoms with Crippen molar-refractivity contribution in [2.24, 2.45) is 5.92 Å². The first-order chi connectivity index (χ1) is 34.5. The van der Waals surface area contributed by atoms with Crippen LogP contribution < -0.4 is 16.2 Å². The Bertz CT molecular complexity index is 2950. The summed E-state index contributed by atoms with van der Waals surface area (Å²) in [6, 6.07) is 21.6. The van der Waals surface area contributed by atoms with E-state index in [1.807, 2.05) is 35.2 Å². The fourth-order valence-electron chi connectivity index (χ4n) is 9.68.